The number of likely N-dealkylation sites (tertiary alicyclic amines) is 1. The van der Waals surface area contributed by atoms with E-state index in [0.717, 1.165) is 12.0 Å². The Morgan fingerprint density at radius 2 is 1.59 bits per heavy atom. The fourth-order valence-corrected chi connectivity index (χ4v) is 3.36. The highest BCUT2D eigenvalue weighted by Crippen LogP contribution is 2.21. The second-order valence-electron chi connectivity index (χ2n) is 7.62. The van der Waals surface area contributed by atoms with Crippen LogP contribution in [0.2, 0.25) is 0 Å². The fraction of sp³-hybridized carbons (Fsp3) is 0.348. The number of hydrogen-bond donors (Lipinski definition) is 2. The molecule has 1 atom stereocenters. The highest BCUT2D eigenvalue weighted by atomic mass is 16.2. The first-order valence-electron chi connectivity index (χ1n) is 9.99. The number of nitrogens with zero attached hydrogens (tertiary/aromatic N) is 1. The third-order valence-electron chi connectivity index (χ3n) is 5.02. The van der Waals surface area contributed by atoms with Crippen molar-refractivity contribution in [2.75, 3.05) is 17.2 Å². The van der Waals surface area contributed by atoms with E-state index in [0.29, 0.717) is 30.8 Å². The molecular formula is C23H27N3O3. The van der Waals surface area contributed by atoms with Gasteiger partial charge in [0.1, 0.15) is 6.04 Å². The van der Waals surface area contributed by atoms with Crippen LogP contribution < -0.4 is 10.6 Å². The van der Waals surface area contributed by atoms with Crippen LogP contribution in [0.1, 0.15) is 32.3 Å². The number of benzene rings is 2. The monoisotopic (exact) mass is 393 g/mol. The molecule has 29 heavy (non-hydrogen) atoms. The Balaban J connectivity index is 1.59. The lowest BCUT2D eigenvalue weighted by Crippen LogP contribution is -2.43. The van der Waals surface area contributed by atoms with E-state index in [2.05, 4.69) is 10.6 Å². The van der Waals surface area contributed by atoms with Gasteiger partial charge in [-0.25, -0.2) is 0 Å². The maximum absolute atomic E-state index is 12.8. The van der Waals surface area contributed by atoms with Gasteiger partial charge in [0.05, 0.1) is 6.42 Å². The molecule has 1 aliphatic heterocycles. The molecule has 6 nitrogen and oxygen atoms in total. The van der Waals surface area contributed by atoms with Crippen LogP contribution in [0.4, 0.5) is 11.4 Å². The second kappa shape index (κ2) is 9.37. The molecule has 0 spiro atoms. The molecule has 1 saturated heterocycles. The number of amides is 3. The molecule has 2 aromatic carbocycles. The van der Waals surface area contributed by atoms with E-state index in [1.165, 1.54) is 0 Å². The Morgan fingerprint density at radius 3 is 2.21 bits per heavy atom. The van der Waals surface area contributed by atoms with Crippen LogP contribution in [0.25, 0.3) is 0 Å². The average Bonchev–Trinajstić information content (AvgIpc) is 3.20. The summed E-state index contributed by atoms with van der Waals surface area (Å²) in [6.07, 6.45) is 1.78. The van der Waals surface area contributed by atoms with Crippen LogP contribution in [-0.4, -0.2) is 35.2 Å². The SMILES string of the molecule is CC(C)C(=O)Nc1ccc(NC(=O)C2CCCN2C(=O)Cc2ccccc2)cc1. The molecule has 3 amide bonds. The number of rotatable bonds is 6. The zero-order valence-electron chi connectivity index (χ0n) is 16.9. The van der Waals surface area contributed by atoms with Crippen molar-refractivity contribution < 1.29 is 14.4 Å². The number of anilines is 2. The molecule has 1 aliphatic rings. The van der Waals surface area contributed by atoms with Crippen molar-refractivity contribution in [3.63, 3.8) is 0 Å². The predicted octanol–water partition coefficient (Wildman–Crippen LogP) is 3.45. The summed E-state index contributed by atoms with van der Waals surface area (Å²) in [6.45, 7) is 4.26. The van der Waals surface area contributed by atoms with E-state index in [-0.39, 0.29) is 23.6 Å². The molecule has 0 bridgehead atoms. The summed E-state index contributed by atoms with van der Waals surface area (Å²) in [6, 6.07) is 16.1. The first-order chi connectivity index (χ1) is 13.9. The van der Waals surface area contributed by atoms with Crippen molar-refractivity contribution in [2.24, 2.45) is 5.92 Å². The van der Waals surface area contributed by atoms with Gasteiger partial charge in [-0.1, -0.05) is 44.2 Å². The summed E-state index contributed by atoms with van der Waals surface area (Å²) in [5.74, 6) is -0.361. The van der Waals surface area contributed by atoms with Gasteiger partial charge in [-0.15, -0.1) is 0 Å². The maximum atomic E-state index is 12.8. The van der Waals surface area contributed by atoms with Crippen molar-refractivity contribution in [1.82, 2.24) is 4.90 Å². The average molecular weight is 393 g/mol. The molecule has 0 saturated carbocycles. The van der Waals surface area contributed by atoms with Crippen molar-refractivity contribution in [3.8, 4) is 0 Å². The minimum Gasteiger partial charge on any atom is -0.330 e. The van der Waals surface area contributed by atoms with Gasteiger partial charge in [0, 0.05) is 23.8 Å². The van der Waals surface area contributed by atoms with E-state index in [9.17, 15) is 14.4 Å². The van der Waals surface area contributed by atoms with Gasteiger partial charge in [-0.2, -0.15) is 0 Å². The number of carbonyl (C=O) groups is 3. The number of hydrogen-bond acceptors (Lipinski definition) is 3. The summed E-state index contributed by atoms with van der Waals surface area (Å²) < 4.78 is 0. The molecule has 1 heterocycles. The second-order valence-corrected chi connectivity index (χ2v) is 7.62. The molecule has 2 N–H and O–H groups in total. The zero-order valence-corrected chi connectivity index (χ0v) is 16.9. The minimum absolute atomic E-state index is 0.0272. The Labute approximate surface area is 171 Å². The van der Waals surface area contributed by atoms with Crippen molar-refractivity contribution >= 4 is 29.1 Å². The van der Waals surface area contributed by atoms with Gasteiger partial charge in [0.2, 0.25) is 17.7 Å². The van der Waals surface area contributed by atoms with Gasteiger partial charge in [-0.05, 0) is 42.7 Å². The van der Waals surface area contributed by atoms with Gasteiger partial charge >= 0.3 is 0 Å². The van der Waals surface area contributed by atoms with Crippen molar-refractivity contribution in [2.45, 2.75) is 39.2 Å². The largest absolute Gasteiger partial charge is 0.330 e. The van der Waals surface area contributed by atoms with Gasteiger partial charge in [0.25, 0.3) is 0 Å². The lowest BCUT2D eigenvalue weighted by molar-refractivity contribution is -0.136. The van der Waals surface area contributed by atoms with Crippen LogP contribution in [0.5, 0.6) is 0 Å². The molecule has 0 radical (unpaired) electrons. The smallest absolute Gasteiger partial charge is 0.247 e. The zero-order chi connectivity index (χ0) is 20.8. The first-order valence-corrected chi connectivity index (χ1v) is 9.99. The molecule has 1 unspecified atom stereocenters. The predicted molar refractivity (Wildman–Crippen MR) is 113 cm³/mol. The van der Waals surface area contributed by atoms with Crippen LogP contribution in [0.15, 0.2) is 54.6 Å². The lowest BCUT2D eigenvalue weighted by Gasteiger charge is -2.24. The Bertz CT molecular complexity index is 863. The van der Waals surface area contributed by atoms with E-state index >= 15 is 0 Å². The summed E-state index contributed by atoms with van der Waals surface area (Å²) in [5, 5.41) is 5.71. The van der Waals surface area contributed by atoms with Gasteiger partial charge in [-0.3, -0.25) is 14.4 Å². The molecule has 0 aliphatic carbocycles. The van der Waals surface area contributed by atoms with Gasteiger partial charge < -0.3 is 15.5 Å². The maximum Gasteiger partial charge on any atom is 0.247 e. The van der Waals surface area contributed by atoms with E-state index in [1.54, 1.807) is 29.2 Å². The topological polar surface area (TPSA) is 78.5 Å². The molecule has 2 aromatic rings. The Kier molecular flexibility index (Phi) is 6.65. The Hall–Kier alpha value is -3.15. The molecule has 3 rings (SSSR count). The standard InChI is InChI=1S/C23H27N3O3/c1-16(2)22(28)24-18-10-12-19(13-11-18)25-23(29)20-9-6-14-26(20)21(27)15-17-7-4-3-5-8-17/h3-5,7-8,10-13,16,20H,6,9,14-15H2,1-2H3,(H,24,28)(H,25,29). The van der Waals surface area contributed by atoms with Crippen molar-refractivity contribution in [1.29, 1.82) is 0 Å². The summed E-state index contributed by atoms with van der Waals surface area (Å²) in [5.41, 5.74) is 2.27. The van der Waals surface area contributed by atoms with Crippen LogP contribution in [-0.2, 0) is 20.8 Å². The van der Waals surface area contributed by atoms with E-state index in [4.69, 9.17) is 0 Å². The first kappa shape index (κ1) is 20.6. The van der Waals surface area contributed by atoms with Crippen LogP contribution in [0, 0.1) is 5.92 Å². The number of carbonyl (C=O) groups excluding carboxylic acids is 3. The normalized spacial score (nSPS) is 16.0. The fourth-order valence-electron chi connectivity index (χ4n) is 3.36. The lowest BCUT2D eigenvalue weighted by atomic mass is 10.1. The molecular weight excluding hydrogens is 366 g/mol. The third kappa shape index (κ3) is 5.44. The van der Waals surface area contributed by atoms with E-state index in [1.807, 2.05) is 44.2 Å². The summed E-state index contributed by atoms with van der Waals surface area (Å²) >= 11 is 0. The van der Waals surface area contributed by atoms with Crippen LogP contribution >= 0.6 is 0 Å². The van der Waals surface area contributed by atoms with Crippen molar-refractivity contribution in [3.05, 3.63) is 60.2 Å². The highest BCUT2D eigenvalue weighted by Gasteiger charge is 2.33. The summed E-state index contributed by atoms with van der Waals surface area (Å²) in [4.78, 5) is 38.9. The molecule has 1 fully saturated rings. The van der Waals surface area contributed by atoms with Gasteiger partial charge in [0.15, 0.2) is 0 Å². The third-order valence-corrected chi connectivity index (χ3v) is 5.02. The highest BCUT2D eigenvalue weighted by molar-refractivity contribution is 5.98. The summed E-state index contributed by atoms with van der Waals surface area (Å²) in [7, 11) is 0. The number of nitrogens with one attached hydrogen (secondary N) is 2. The quantitative estimate of drug-likeness (QED) is 0.789. The minimum atomic E-state index is -0.452. The molecule has 152 valence electrons. The van der Waals surface area contributed by atoms with E-state index < -0.39 is 6.04 Å². The molecule has 0 aromatic heterocycles. The Morgan fingerprint density at radius 1 is 0.966 bits per heavy atom. The van der Waals surface area contributed by atoms with Crippen LogP contribution in [0.3, 0.4) is 0 Å². The molecule has 6 heteroatoms.